The molecule has 0 atom stereocenters. The maximum absolute atomic E-state index is 10.8. The Labute approximate surface area is 96.6 Å². The van der Waals surface area contributed by atoms with Gasteiger partial charge in [-0.3, -0.25) is 0 Å². The number of hydrogen-bond acceptors (Lipinski definition) is 1. The highest BCUT2D eigenvalue weighted by atomic mass is 16.4. The van der Waals surface area contributed by atoms with Gasteiger partial charge >= 0.3 is 5.97 Å². The molecule has 0 aliphatic heterocycles. The fourth-order valence-corrected chi connectivity index (χ4v) is 1.49. The Kier molecular flexibility index (Phi) is 3.88. The van der Waals surface area contributed by atoms with E-state index in [1.54, 1.807) is 6.92 Å². The largest absolute Gasteiger partial charge is 0.478 e. The smallest absolute Gasteiger partial charge is 0.331 e. The highest BCUT2D eigenvalue weighted by molar-refractivity contribution is 5.95. The highest BCUT2D eigenvalue weighted by Gasteiger charge is 2.07. The van der Waals surface area contributed by atoms with Gasteiger partial charge in [0.1, 0.15) is 0 Å². The minimum Gasteiger partial charge on any atom is -0.478 e. The van der Waals surface area contributed by atoms with Crippen LogP contribution >= 0.6 is 0 Å². The molecule has 16 heavy (non-hydrogen) atoms. The van der Waals surface area contributed by atoms with Crippen LogP contribution in [0.25, 0.3) is 5.57 Å². The molecule has 2 nitrogen and oxygen atoms in total. The molecule has 0 aliphatic carbocycles. The number of allylic oxidation sites excluding steroid dienone is 1. The van der Waals surface area contributed by atoms with Crippen molar-refractivity contribution in [2.75, 3.05) is 0 Å². The van der Waals surface area contributed by atoms with Crippen LogP contribution in [-0.4, -0.2) is 11.1 Å². The summed E-state index contributed by atoms with van der Waals surface area (Å²) in [6, 6.07) is 8.07. The summed E-state index contributed by atoms with van der Waals surface area (Å²) in [5.41, 5.74) is 3.47. The summed E-state index contributed by atoms with van der Waals surface area (Å²) in [6.45, 7) is 7.75. The normalized spacial score (nSPS) is 12.6. The van der Waals surface area contributed by atoms with Crippen LogP contribution in [0.4, 0.5) is 0 Å². The lowest BCUT2D eigenvalue weighted by molar-refractivity contribution is -0.132. The van der Waals surface area contributed by atoms with Gasteiger partial charge in [-0.05, 0) is 36.5 Å². The van der Waals surface area contributed by atoms with Crippen LogP contribution in [0.2, 0.25) is 0 Å². The second-order valence-electron chi connectivity index (χ2n) is 4.33. The Morgan fingerprint density at radius 3 is 2.00 bits per heavy atom. The van der Waals surface area contributed by atoms with Crippen molar-refractivity contribution in [3.63, 3.8) is 0 Å². The minimum atomic E-state index is -0.856. The van der Waals surface area contributed by atoms with Crippen molar-refractivity contribution in [3.8, 4) is 0 Å². The minimum absolute atomic E-state index is 0.400. The molecule has 1 aromatic rings. The molecule has 0 heterocycles. The topological polar surface area (TPSA) is 37.3 Å². The molecule has 0 unspecified atom stereocenters. The van der Waals surface area contributed by atoms with E-state index in [4.69, 9.17) is 5.11 Å². The predicted octanol–water partition coefficient (Wildman–Crippen LogP) is 3.69. The van der Waals surface area contributed by atoms with Crippen molar-refractivity contribution in [1.29, 1.82) is 0 Å². The number of rotatable bonds is 3. The Morgan fingerprint density at radius 2 is 1.62 bits per heavy atom. The Hall–Kier alpha value is -1.57. The molecule has 1 rings (SSSR count). The average Bonchev–Trinajstić information content (AvgIpc) is 2.27. The summed E-state index contributed by atoms with van der Waals surface area (Å²) in [5.74, 6) is -0.357. The van der Waals surface area contributed by atoms with E-state index in [1.165, 1.54) is 5.56 Å². The molecular weight excluding hydrogens is 200 g/mol. The van der Waals surface area contributed by atoms with Gasteiger partial charge in [-0.15, -0.1) is 0 Å². The monoisotopic (exact) mass is 218 g/mol. The summed E-state index contributed by atoms with van der Waals surface area (Å²) < 4.78 is 0. The average molecular weight is 218 g/mol. The van der Waals surface area contributed by atoms with Crippen LogP contribution in [-0.2, 0) is 4.79 Å². The van der Waals surface area contributed by atoms with Gasteiger partial charge < -0.3 is 5.11 Å². The molecule has 0 saturated carbocycles. The molecule has 0 radical (unpaired) electrons. The van der Waals surface area contributed by atoms with E-state index in [0.29, 0.717) is 11.5 Å². The molecule has 0 saturated heterocycles. The number of carboxylic acids is 1. The molecule has 0 aromatic heterocycles. The van der Waals surface area contributed by atoms with Crippen molar-refractivity contribution < 1.29 is 9.90 Å². The summed E-state index contributed by atoms with van der Waals surface area (Å²) >= 11 is 0. The van der Waals surface area contributed by atoms with E-state index in [2.05, 4.69) is 26.0 Å². The Bertz CT molecular complexity index is 411. The lowest BCUT2D eigenvalue weighted by Crippen LogP contribution is -1.99. The molecule has 1 N–H and O–H groups in total. The van der Waals surface area contributed by atoms with Gasteiger partial charge in [-0.2, -0.15) is 0 Å². The van der Waals surface area contributed by atoms with Crippen LogP contribution in [0.1, 0.15) is 44.7 Å². The quantitative estimate of drug-likeness (QED) is 0.786. The van der Waals surface area contributed by atoms with Gasteiger partial charge in [-0.25, -0.2) is 4.79 Å². The zero-order valence-corrected chi connectivity index (χ0v) is 10.2. The first kappa shape index (κ1) is 12.5. The first-order valence-electron chi connectivity index (χ1n) is 5.44. The molecule has 0 fully saturated rings. The number of hydrogen-bond donors (Lipinski definition) is 1. The van der Waals surface area contributed by atoms with Crippen LogP contribution in [0.15, 0.2) is 29.8 Å². The van der Waals surface area contributed by atoms with Gasteiger partial charge in [0.2, 0.25) is 0 Å². The van der Waals surface area contributed by atoms with E-state index in [1.807, 2.05) is 19.1 Å². The second kappa shape index (κ2) is 4.97. The van der Waals surface area contributed by atoms with E-state index >= 15 is 0 Å². The van der Waals surface area contributed by atoms with Crippen molar-refractivity contribution in [3.05, 3.63) is 41.0 Å². The van der Waals surface area contributed by atoms with E-state index in [-0.39, 0.29) is 0 Å². The van der Waals surface area contributed by atoms with Crippen molar-refractivity contribution in [1.82, 2.24) is 0 Å². The molecular formula is C14H18O2. The summed E-state index contributed by atoms with van der Waals surface area (Å²) in [5, 5.41) is 8.90. The predicted molar refractivity (Wildman–Crippen MR) is 66.4 cm³/mol. The fourth-order valence-electron chi connectivity index (χ4n) is 1.49. The van der Waals surface area contributed by atoms with Crippen molar-refractivity contribution in [2.45, 2.75) is 33.6 Å². The van der Waals surface area contributed by atoms with Crippen LogP contribution in [0, 0.1) is 0 Å². The summed E-state index contributed by atoms with van der Waals surface area (Å²) in [4.78, 5) is 10.8. The van der Waals surface area contributed by atoms with E-state index in [9.17, 15) is 4.79 Å². The van der Waals surface area contributed by atoms with E-state index < -0.39 is 5.97 Å². The summed E-state index contributed by atoms with van der Waals surface area (Å²) in [6.07, 6.45) is 0. The fraction of sp³-hybridized carbons (Fsp3) is 0.357. The van der Waals surface area contributed by atoms with Crippen LogP contribution in [0.3, 0.4) is 0 Å². The van der Waals surface area contributed by atoms with Gasteiger partial charge in [0.05, 0.1) is 0 Å². The molecule has 86 valence electrons. The van der Waals surface area contributed by atoms with Gasteiger partial charge in [0, 0.05) is 5.57 Å². The number of carboxylic acid groups (broad SMARTS) is 1. The van der Waals surface area contributed by atoms with Crippen LogP contribution in [0.5, 0.6) is 0 Å². The molecule has 1 aromatic carbocycles. The molecule has 0 bridgehead atoms. The second-order valence-corrected chi connectivity index (χ2v) is 4.33. The van der Waals surface area contributed by atoms with Gasteiger partial charge in [0.25, 0.3) is 0 Å². The zero-order chi connectivity index (χ0) is 12.3. The summed E-state index contributed by atoms with van der Waals surface area (Å²) in [7, 11) is 0. The third kappa shape index (κ3) is 2.72. The number of benzene rings is 1. The highest BCUT2D eigenvalue weighted by Crippen LogP contribution is 2.21. The Balaban J connectivity index is 3.07. The maximum atomic E-state index is 10.8. The Morgan fingerprint density at radius 1 is 1.12 bits per heavy atom. The van der Waals surface area contributed by atoms with Gasteiger partial charge in [0.15, 0.2) is 0 Å². The first-order valence-corrected chi connectivity index (χ1v) is 5.44. The first-order chi connectivity index (χ1) is 7.43. The molecule has 0 spiro atoms. The number of aliphatic carboxylic acids is 1. The molecule has 0 amide bonds. The lowest BCUT2D eigenvalue weighted by atomic mass is 9.97. The van der Waals surface area contributed by atoms with E-state index in [0.717, 1.165) is 11.1 Å². The number of carbonyl (C=O) groups is 1. The van der Waals surface area contributed by atoms with Gasteiger partial charge in [-0.1, -0.05) is 38.1 Å². The van der Waals surface area contributed by atoms with Crippen LogP contribution < -0.4 is 0 Å². The lowest BCUT2D eigenvalue weighted by Gasteiger charge is -2.08. The third-order valence-electron chi connectivity index (χ3n) is 2.89. The molecule has 2 heteroatoms. The molecule has 0 aliphatic rings. The maximum Gasteiger partial charge on any atom is 0.331 e. The zero-order valence-electron chi connectivity index (χ0n) is 10.2. The standard InChI is InChI=1S/C14H18O2/c1-9(2)12-5-7-13(8-6-12)10(3)11(4)14(15)16/h5-9H,1-4H3,(H,15,16). The third-order valence-corrected chi connectivity index (χ3v) is 2.89. The van der Waals surface area contributed by atoms with Crippen molar-refractivity contribution >= 4 is 11.5 Å². The SMILES string of the molecule is CC(C(=O)O)=C(C)c1ccc(C(C)C)cc1. The van der Waals surface area contributed by atoms with Crippen molar-refractivity contribution in [2.24, 2.45) is 0 Å².